The number of amides is 1. The fourth-order valence-electron chi connectivity index (χ4n) is 4.09. The Morgan fingerprint density at radius 3 is 2.61 bits per heavy atom. The van der Waals surface area contributed by atoms with Gasteiger partial charge in [-0.2, -0.15) is 5.10 Å². The van der Waals surface area contributed by atoms with Gasteiger partial charge in [-0.3, -0.25) is 14.5 Å². The van der Waals surface area contributed by atoms with Crippen molar-refractivity contribution >= 4 is 5.91 Å². The topological polar surface area (TPSA) is 78.3 Å². The van der Waals surface area contributed by atoms with Crippen LogP contribution in [0.2, 0.25) is 0 Å². The van der Waals surface area contributed by atoms with Gasteiger partial charge < -0.3 is 14.8 Å². The Labute approximate surface area is 182 Å². The molecule has 1 aromatic carbocycles. The monoisotopic (exact) mass is 420 g/mol. The molecule has 0 radical (unpaired) electrons. The summed E-state index contributed by atoms with van der Waals surface area (Å²) in [5.41, 5.74) is 3.62. The number of benzene rings is 1. The summed E-state index contributed by atoms with van der Waals surface area (Å²) in [6, 6.07) is 13.8. The second-order valence-electron chi connectivity index (χ2n) is 7.76. The molecule has 1 saturated carbocycles. The van der Waals surface area contributed by atoms with E-state index in [1.807, 2.05) is 42.5 Å². The highest BCUT2D eigenvalue weighted by molar-refractivity contribution is 5.78. The maximum atomic E-state index is 12.5. The van der Waals surface area contributed by atoms with Crippen LogP contribution >= 0.6 is 0 Å². The summed E-state index contributed by atoms with van der Waals surface area (Å²) in [5.74, 6) is 1.19. The van der Waals surface area contributed by atoms with E-state index in [4.69, 9.17) is 14.6 Å². The number of pyridine rings is 1. The van der Waals surface area contributed by atoms with Gasteiger partial charge in [0, 0.05) is 6.20 Å². The van der Waals surface area contributed by atoms with E-state index < -0.39 is 0 Å². The molecule has 31 heavy (non-hydrogen) atoms. The number of aromatic nitrogens is 3. The fraction of sp³-hybridized carbons (Fsp3) is 0.375. The molecule has 2 aromatic heterocycles. The number of nitrogens with one attached hydrogen (secondary N) is 1. The lowest BCUT2D eigenvalue weighted by atomic mass is 10.1. The first-order chi connectivity index (χ1) is 15.2. The maximum absolute atomic E-state index is 12.5. The van der Waals surface area contributed by atoms with Crippen LogP contribution < -0.4 is 14.8 Å². The average molecular weight is 421 g/mol. The summed E-state index contributed by atoms with van der Waals surface area (Å²) in [5, 5.41) is 7.81. The molecule has 4 rings (SSSR count). The summed E-state index contributed by atoms with van der Waals surface area (Å²) in [7, 11) is 3.18. The summed E-state index contributed by atoms with van der Waals surface area (Å²) >= 11 is 0. The first kappa shape index (κ1) is 20.9. The predicted molar refractivity (Wildman–Crippen MR) is 118 cm³/mol. The van der Waals surface area contributed by atoms with Crippen LogP contribution in [-0.4, -0.2) is 34.9 Å². The second kappa shape index (κ2) is 9.64. The first-order valence-electron chi connectivity index (χ1n) is 10.7. The van der Waals surface area contributed by atoms with Crippen LogP contribution in [0.25, 0.3) is 11.4 Å². The third-order valence-corrected chi connectivity index (χ3v) is 5.66. The van der Waals surface area contributed by atoms with Crippen molar-refractivity contribution in [2.75, 3.05) is 14.2 Å². The predicted octanol–water partition coefficient (Wildman–Crippen LogP) is 3.94. The summed E-state index contributed by atoms with van der Waals surface area (Å²) in [4.78, 5) is 17.0. The zero-order valence-electron chi connectivity index (χ0n) is 18.0. The van der Waals surface area contributed by atoms with Gasteiger partial charge in [0.1, 0.15) is 0 Å². The highest BCUT2D eigenvalue weighted by atomic mass is 16.5. The van der Waals surface area contributed by atoms with Gasteiger partial charge in [0.25, 0.3) is 0 Å². The van der Waals surface area contributed by atoms with Crippen LogP contribution in [0.15, 0.2) is 48.7 Å². The molecule has 0 atom stereocenters. The number of hydrogen-bond acceptors (Lipinski definition) is 5. The van der Waals surface area contributed by atoms with Crippen LogP contribution in [0, 0.1) is 0 Å². The summed E-state index contributed by atoms with van der Waals surface area (Å²) in [6.07, 6.45) is 6.77. The Balaban J connectivity index is 1.45. The van der Waals surface area contributed by atoms with Gasteiger partial charge in [-0.25, -0.2) is 0 Å². The molecule has 3 aromatic rings. The van der Waals surface area contributed by atoms with E-state index >= 15 is 0 Å². The highest BCUT2D eigenvalue weighted by Crippen LogP contribution is 2.33. The third kappa shape index (κ3) is 4.87. The normalized spacial score (nSPS) is 13.9. The molecule has 1 fully saturated rings. The van der Waals surface area contributed by atoms with Crippen molar-refractivity contribution in [3.05, 3.63) is 59.9 Å². The Morgan fingerprint density at radius 1 is 1.10 bits per heavy atom. The minimum Gasteiger partial charge on any atom is -0.493 e. The molecular weight excluding hydrogens is 392 g/mol. The maximum Gasteiger partial charge on any atom is 0.224 e. The van der Waals surface area contributed by atoms with Crippen molar-refractivity contribution in [2.45, 2.75) is 44.7 Å². The minimum atomic E-state index is -0.0676. The third-order valence-electron chi connectivity index (χ3n) is 5.66. The molecule has 0 spiro atoms. The quantitative estimate of drug-likeness (QED) is 0.597. The fourth-order valence-corrected chi connectivity index (χ4v) is 4.09. The molecular formula is C24H28N4O3. The molecule has 0 saturated heterocycles. The van der Waals surface area contributed by atoms with Gasteiger partial charge in [-0.05, 0) is 48.7 Å². The number of hydrogen-bond donors (Lipinski definition) is 1. The number of nitrogens with zero attached hydrogens (tertiary/aromatic N) is 3. The van der Waals surface area contributed by atoms with Gasteiger partial charge in [0.05, 0.1) is 50.3 Å². The number of carbonyl (C=O) groups is 1. The summed E-state index contributed by atoms with van der Waals surface area (Å²) < 4.78 is 12.7. The molecule has 0 aliphatic heterocycles. The van der Waals surface area contributed by atoms with Crippen molar-refractivity contribution in [2.24, 2.45) is 0 Å². The Hall–Kier alpha value is -3.35. The molecule has 1 aliphatic rings. The van der Waals surface area contributed by atoms with E-state index in [0.29, 0.717) is 24.1 Å². The van der Waals surface area contributed by atoms with Crippen molar-refractivity contribution < 1.29 is 14.3 Å². The molecule has 0 unspecified atom stereocenters. The largest absolute Gasteiger partial charge is 0.493 e. The Morgan fingerprint density at radius 2 is 1.90 bits per heavy atom. The van der Waals surface area contributed by atoms with E-state index in [1.54, 1.807) is 20.4 Å². The number of methoxy groups -OCH3 is 2. The van der Waals surface area contributed by atoms with Gasteiger partial charge in [-0.1, -0.05) is 25.0 Å². The van der Waals surface area contributed by atoms with Crippen molar-refractivity contribution in [1.82, 2.24) is 20.1 Å². The van der Waals surface area contributed by atoms with Crippen molar-refractivity contribution in [3.63, 3.8) is 0 Å². The van der Waals surface area contributed by atoms with Crippen molar-refractivity contribution in [3.8, 4) is 22.9 Å². The highest BCUT2D eigenvalue weighted by Gasteiger charge is 2.22. The minimum absolute atomic E-state index is 0.0676. The van der Waals surface area contributed by atoms with Gasteiger partial charge in [0.2, 0.25) is 5.91 Å². The van der Waals surface area contributed by atoms with Crippen LogP contribution in [0.4, 0.5) is 0 Å². The SMILES string of the molecule is COc1ccc(CC(=O)NCc2cc(-c3ccccn3)n(C3CCCC3)n2)cc1OC. The van der Waals surface area contributed by atoms with Gasteiger partial charge in [-0.15, -0.1) is 0 Å². The first-order valence-corrected chi connectivity index (χ1v) is 10.7. The van der Waals surface area contributed by atoms with E-state index in [-0.39, 0.29) is 12.3 Å². The standard InChI is InChI=1S/C24H28N4O3/c1-30-22-11-10-17(13-23(22)31-2)14-24(29)26-16-18-15-21(20-9-5-6-12-25-20)28(27-18)19-7-3-4-8-19/h5-6,9-13,15,19H,3-4,7-8,14,16H2,1-2H3,(H,26,29). The van der Waals surface area contributed by atoms with Crippen LogP contribution in [0.5, 0.6) is 11.5 Å². The molecule has 0 bridgehead atoms. The van der Waals surface area contributed by atoms with Crippen LogP contribution in [0.3, 0.4) is 0 Å². The Bertz CT molecular complexity index is 1030. The molecule has 7 nitrogen and oxygen atoms in total. The van der Waals surface area contributed by atoms with Gasteiger partial charge in [0.15, 0.2) is 11.5 Å². The van der Waals surface area contributed by atoms with E-state index in [2.05, 4.69) is 15.0 Å². The smallest absolute Gasteiger partial charge is 0.224 e. The lowest BCUT2D eigenvalue weighted by molar-refractivity contribution is -0.120. The molecule has 1 aliphatic carbocycles. The molecule has 1 amide bonds. The molecule has 2 heterocycles. The second-order valence-corrected chi connectivity index (χ2v) is 7.76. The number of rotatable bonds is 8. The van der Waals surface area contributed by atoms with E-state index in [9.17, 15) is 4.79 Å². The zero-order valence-corrected chi connectivity index (χ0v) is 18.0. The molecule has 162 valence electrons. The van der Waals surface area contributed by atoms with E-state index in [1.165, 1.54) is 12.8 Å². The number of ether oxygens (including phenoxy) is 2. The van der Waals surface area contributed by atoms with Gasteiger partial charge >= 0.3 is 0 Å². The molecule has 7 heteroatoms. The van der Waals surface area contributed by atoms with E-state index in [0.717, 1.165) is 35.5 Å². The average Bonchev–Trinajstić information content (AvgIpc) is 3.48. The van der Waals surface area contributed by atoms with Crippen LogP contribution in [0.1, 0.15) is 43.0 Å². The van der Waals surface area contributed by atoms with Crippen molar-refractivity contribution in [1.29, 1.82) is 0 Å². The lowest BCUT2D eigenvalue weighted by Gasteiger charge is -2.13. The zero-order chi connectivity index (χ0) is 21.6. The summed E-state index contributed by atoms with van der Waals surface area (Å²) in [6.45, 7) is 0.381. The lowest BCUT2D eigenvalue weighted by Crippen LogP contribution is -2.25. The van der Waals surface area contributed by atoms with Crippen LogP contribution in [-0.2, 0) is 17.8 Å². The Kier molecular flexibility index (Phi) is 6.50. The molecule has 1 N–H and O–H groups in total. The number of carbonyl (C=O) groups excluding carboxylic acids is 1.